The van der Waals surface area contributed by atoms with E-state index in [0.29, 0.717) is 12.2 Å². The molecular formula is C14H20N2O4. The van der Waals surface area contributed by atoms with Gasteiger partial charge in [0.15, 0.2) is 0 Å². The summed E-state index contributed by atoms with van der Waals surface area (Å²) in [5.41, 5.74) is 0.747. The molecule has 0 saturated carbocycles. The van der Waals surface area contributed by atoms with Gasteiger partial charge in [0.1, 0.15) is 0 Å². The Morgan fingerprint density at radius 1 is 1.40 bits per heavy atom. The molecule has 1 aromatic rings. The summed E-state index contributed by atoms with van der Waals surface area (Å²) >= 11 is 0. The quantitative estimate of drug-likeness (QED) is 0.481. The van der Waals surface area contributed by atoms with Gasteiger partial charge in [-0.2, -0.15) is 0 Å². The van der Waals surface area contributed by atoms with Crippen molar-refractivity contribution < 1.29 is 14.5 Å². The van der Waals surface area contributed by atoms with E-state index >= 15 is 0 Å². The van der Waals surface area contributed by atoms with Crippen molar-refractivity contribution in [2.45, 2.75) is 13.8 Å². The first-order chi connectivity index (χ1) is 9.38. The van der Waals surface area contributed by atoms with E-state index in [1.54, 1.807) is 37.4 Å². The Bertz CT molecular complexity index is 470. The monoisotopic (exact) mass is 280 g/mol. The molecule has 0 aliphatic carbocycles. The zero-order valence-electron chi connectivity index (χ0n) is 12.2. The van der Waals surface area contributed by atoms with Gasteiger partial charge in [-0.25, -0.2) is 0 Å². The Hall–Kier alpha value is -2.37. The zero-order valence-corrected chi connectivity index (χ0v) is 12.2. The molecule has 0 radical (unpaired) electrons. The van der Waals surface area contributed by atoms with Crippen molar-refractivity contribution in [2.75, 3.05) is 20.7 Å². The van der Waals surface area contributed by atoms with E-state index in [0.717, 1.165) is 0 Å². The minimum atomic E-state index is -0.380. The summed E-state index contributed by atoms with van der Waals surface area (Å²) in [6, 6.07) is 6.65. The number of ether oxygens (including phenoxy) is 1. The second kappa shape index (κ2) is 9.55. The molecule has 0 heterocycles. The molecule has 0 fully saturated rings. The van der Waals surface area contributed by atoms with Gasteiger partial charge in [0.05, 0.1) is 17.1 Å². The molecule has 1 aromatic carbocycles. The Kier molecular flexibility index (Phi) is 8.41. The fourth-order valence-corrected chi connectivity index (χ4v) is 1.23. The molecular weight excluding hydrogens is 260 g/mol. The van der Waals surface area contributed by atoms with Crippen LogP contribution in [-0.4, -0.2) is 36.5 Å². The van der Waals surface area contributed by atoms with Gasteiger partial charge in [-0.15, -0.1) is 0 Å². The van der Waals surface area contributed by atoms with Crippen LogP contribution >= 0.6 is 0 Å². The lowest BCUT2D eigenvalue weighted by Crippen LogP contribution is -2.00. The lowest BCUT2D eigenvalue weighted by molar-refractivity contribution is -0.385. The molecule has 0 aromatic heterocycles. The van der Waals surface area contributed by atoms with Gasteiger partial charge in [-0.3, -0.25) is 14.9 Å². The van der Waals surface area contributed by atoms with Crippen LogP contribution in [0.15, 0.2) is 30.5 Å². The van der Waals surface area contributed by atoms with Crippen molar-refractivity contribution in [2.24, 2.45) is 0 Å². The topological polar surface area (TPSA) is 72.7 Å². The lowest BCUT2D eigenvalue weighted by atomic mass is 10.2. The maximum Gasteiger partial charge on any atom is 0.302 e. The Labute approximate surface area is 118 Å². The predicted molar refractivity (Wildman–Crippen MR) is 78.1 cm³/mol. The maximum absolute atomic E-state index is 10.6. The number of hydrogen-bond acceptors (Lipinski definition) is 5. The van der Waals surface area contributed by atoms with Crippen molar-refractivity contribution in [3.63, 3.8) is 0 Å². The summed E-state index contributed by atoms with van der Waals surface area (Å²) in [6.45, 7) is 3.65. The maximum atomic E-state index is 10.6. The second-order valence-electron chi connectivity index (χ2n) is 4.02. The van der Waals surface area contributed by atoms with Crippen LogP contribution in [0.1, 0.15) is 19.4 Å². The average Bonchev–Trinajstić information content (AvgIpc) is 2.37. The van der Waals surface area contributed by atoms with Gasteiger partial charge >= 0.3 is 5.97 Å². The predicted octanol–water partition coefficient (Wildman–Crippen LogP) is 2.70. The van der Waals surface area contributed by atoms with Gasteiger partial charge in [-0.05, 0) is 25.3 Å². The van der Waals surface area contributed by atoms with Crippen LogP contribution in [0, 0.1) is 10.1 Å². The van der Waals surface area contributed by atoms with Crippen LogP contribution in [-0.2, 0) is 9.53 Å². The van der Waals surface area contributed by atoms with Crippen LogP contribution < -0.4 is 0 Å². The first-order valence-corrected chi connectivity index (χ1v) is 6.09. The average molecular weight is 280 g/mol. The number of nitro groups is 1. The number of rotatable bonds is 4. The number of benzene rings is 1. The van der Waals surface area contributed by atoms with Crippen molar-refractivity contribution in [3.05, 3.63) is 46.1 Å². The van der Waals surface area contributed by atoms with E-state index in [1.807, 2.05) is 19.0 Å². The van der Waals surface area contributed by atoms with Gasteiger partial charge in [0.25, 0.3) is 5.69 Å². The van der Waals surface area contributed by atoms with E-state index in [4.69, 9.17) is 0 Å². The fraction of sp³-hybridized carbons (Fsp3) is 0.357. The summed E-state index contributed by atoms with van der Waals surface area (Å²) in [5.74, 6) is -0.211. The van der Waals surface area contributed by atoms with Crippen molar-refractivity contribution >= 4 is 17.7 Å². The molecule has 6 nitrogen and oxygen atoms in total. The third kappa shape index (κ3) is 7.86. The van der Waals surface area contributed by atoms with Crippen LogP contribution in [0.2, 0.25) is 0 Å². The minimum absolute atomic E-state index is 0.130. The highest BCUT2D eigenvalue weighted by Crippen LogP contribution is 2.18. The van der Waals surface area contributed by atoms with Crippen molar-refractivity contribution in [1.29, 1.82) is 0 Å². The standard InChI is InChI=1S/C10H12N2O2.C4H8O2/c1-11(2)8-7-9-5-3-4-6-10(9)12(13)14;1-3-6-4(2)5/h3-8H,1-2H3;3H2,1-2H3/b8-7+;. The highest BCUT2D eigenvalue weighted by atomic mass is 16.6. The number of nitro benzene ring substituents is 1. The van der Waals surface area contributed by atoms with Gasteiger partial charge < -0.3 is 9.64 Å². The van der Waals surface area contributed by atoms with E-state index < -0.39 is 0 Å². The van der Waals surface area contributed by atoms with Gasteiger partial charge in [-0.1, -0.05) is 12.1 Å². The summed E-state index contributed by atoms with van der Waals surface area (Å²) in [5, 5.41) is 10.6. The number of nitrogens with zero attached hydrogens (tertiary/aromatic N) is 2. The van der Waals surface area contributed by atoms with E-state index in [-0.39, 0.29) is 16.6 Å². The number of carbonyl (C=O) groups is 1. The van der Waals surface area contributed by atoms with E-state index in [1.165, 1.54) is 13.0 Å². The summed E-state index contributed by atoms with van der Waals surface area (Å²) in [7, 11) is 3.73. The largest absolute Gasteiger partial charge is 0.466 e. The third-order valence-electron chi connectivity index (χ3n) is 2.03. The van der Waals surface area contributed by atoms with Crippen molar-refractivity contribution in [1.82, 2.24) is 4.90 Å². The number of para-hydroxylation sites is 1. The van der Waals surface area contributed by atoms with E-state index in [9.17, 15) is 14.9 Å². The highest BCUT2D eigenvalue weighted by molar-refractivity contribution is 5.65. The van der Waals surface area contributed by atoms with Crippen LogP contribution in [0.5, 0.6) is 0 Å². The summed E-state index contributed by atoms with van der Waals surface area (Å²) in [4.78, 5) is 21.9. The molecule has 0 spiro atoms. The number of esters is 1. The Morgan fingerprint density at radius 3 is 2.40 bits per heavy atom. The zero-order chi connectivity index (χ0) is 15.5. The smallest absolute Gasteiger partial charge is 0.302 e. The van der Waals surface area contributed by atoms with E-state index in [2.05, 4.69) is 4.74 Å². The lowest BCUT2D eigenvalue weighted by Gasteiger charge is -2.03. The van der Waals surface area contributed by atoms with Crippen LogP contribution in [0.3, 0.4) is 0 Å². The SMILES string of the molecule is CCOC(C)=O.CN(C)/C=C/c1ccccc1[N+](=O)[O-]. The normalized spacial score (nSPS) is 9.60. The molecule has 0 bridgehead atoms. The molecule has 0 atom stereocenters. The summed E-state index contributed by atoms with van der Waals surface area (Å²) in [6.07, 6.45) is 3.50. The Morgan fingerprint density at radius 2 is 2.00 bits per heavy atom. The molecule has 1 rings (SSSR count). The fourth-order valence-electron chi connectivity index (χ4n) is 1.23. The molecule has 0 N–H and O–H groups in total. The van der Waals surface area contributed by atoms with Gasteiger partial charge in [0.2, 0.25) is 0 Å². The van der Waals surface area contributed by atoms with Crippen LogP contribution in [0.4, 0.5) is 5.69 Å². The van der Waals surface area contributed by atoms with Crippen molar-refractivity contribution in [3.8, 4) is 0 Å². The summed E-state index contributed by atoms with van der Waals surface area (Å²) < 4.78 is 4.40. The first-order valence-electron chi connectivity index (χ1n) is 6.09. The second-order valence-corrected chi connectivity index (χ2v) is 4.02. The molecule has 0 aliphatic heterocycles. The molecule has 0 aliphatic rings. The molecule has 110 valence electrons. The molecule has 0 saturated heterocycles. The first kappa shape index (κ1) is 17.6. The third-order valence-corrected chi connectivity index (χ3v) is 2.03. The number of carbonyl (C=O) groups excluding carboxylic acids is 1. The molecule has 0 unspecified atom stereocenters. The van der Waals surface area contributed by atoms with Crippen LogP contribution in [0.25, 0.3) is 6.08 Å². The Balaban J connectivity index is 0.000000511. The molecule has 6 heteroatoms. The molecule has 20 heavy (non-hydrogen) atoms. The highest BCUT2D eigenvalue weighted by Gasteiger charge is 2.08. The minimum Gasteiger partial charge on any atom is -0.466 e. The number of hydrogen-bond donors (Lipinski definition) is 0. The van der Waals surface area contributed by atoms with Gasteiger partial charge in [0, 0.05) is 27.1 Å². The molecule has 0 amide bonds.